The lowest BCUT2D eigenvalue weighted by atomic mass is 10.1. The van der Waals surface area contributed by atoms with E-state index in [1.165, 1.54) is 15.9 Å². The zero-order chi connectivity index (χ0) is 18.6. The third-order valence-electron chi connectivity index (χ3n) is 3.96. The number of ether oxygens (including phenoxy) is 1. The summed E-state index contributed by atoms with van der Waals surface area (Å²) >= 11 is 0. The molecule has 3 aromatic carbocycles. The third-order valence-corrected chi connectivity index (χ3v) is 6.17. The molecule has 0 aliphatic rings. The normalized spacial score (nSPS) is 11.4. The van der Waals surface area contributed by atoms with Crippen LogP contribution in [0.2, 0.25) is 0 Å². The molecule has 132 valence electrons. The van der Waals surface area contributed by atoms with Gasteiger partial charge in [0.05, 0.1) is 10.9 Å². The van der Waals surface area contributed by atoms with Crippen LogP contribution in [0.1, 0.15) is 13.8 Å². The van der Waals surface area contributed by atoms with E-state index >= 15 is 0 Å². The molecule has 0 heterocycles. The minimum atomic E-state index is -0.641. The number of hydrogen-bond donors (Lipinski definition) is 0. The van der Waals surface area contributed by atoms with Gasteiger partial charge in [-0.1, -0.05) is 43.0 Å². The first kappa shape index (κ1) is 18.3. The molecule has 0 radical (unpaired) electrons. The Labute approximate surface area is 157 Å². The molecule has 0 bridgehead atoms. The van der Waals surface area contributed by atoms with Crippen molar-refractivity contribution in [1.82, 2.24) is 0 Å². The second-order valence-electron chi connectivity index (χ2n) is 6.43. The Hall–Kier alpha value is -2.52. The van der Waals surface area contributed by atoms with Crippen molar-refractivity contribution in [2.24, 2.45) is 0 Å². The predicted octanol–water partition coefficient (Wildman–Crippen LogP) is 6.26. The van der Waals surface area contributed by atoms with Crippen LogP contribution in [0, 0.1) is 5.82 Å². The van der Waals surface area contributed by atoms with Crippen LogP contribution >= 0.6 is 0 Å². The standard InChI is InChI=1S/C23H22FOS/c1-4-23(2,3)25-22-17-20(15-16-21(22)24)26(18-11-7-5-8-12-18)19-13-9-6-10-14-19/h4-17H,1H2,2-3H3/q+1. The SMILES string of the molecule is C=CC(C)(C)Oc1cc([S+](c2ccccc2)c2ccccc2)ccc1F. The quantitative estimate of drug-likeness (QED) is 0.370. The number of hydrogen-bond acceptors (Lipinski definition) is 1. The van der Waals surface area contributed by atoms with E-state index in [1.807, 2.05) is 62.4 Å². The summed E-state index contributed by atoms with van der Waals surface area (Å²) in [4.78, 5) is 3.37. The first-order valence-corrected chi connectivity index (χ1v) is 9.69. The molecule has 0 aliphatic heterocycles. The van der Waals surface area contributed by atoms with Gasteiger partial charge in [0.15, 0.2) is 26.3 Å². The maximum atomic E-state index is 14.3. The summed E-state index contributed by atoms with van der Waals surface area (Å²) < 4.78 is 20.2. The molecule has 0 saturated heterocycles. The highest BCUT2D eigenvalue weighted by atomic mass is 32.2. The average molecular weight is 365 g/mol. The fourth-order valence-electron chi connectivity index (χ4n) is 2.54. The van der Waals surface area contributed by atoms with Gasteiger partial charge in [-0.05, 0) is 56.3 Å². The highest BCUT2D eigenvalue weighted by Gasteiger charge is 2.30. The van der Waals surface area contributed by atoms with E-state index in [1.54, 1.807) is 6.08 Å². The highest BCUT2D eigenvalue weighted by molar-refractivity contribution is 7.97. The maximum Gasteiger partial charge on any atom is 0.170 e. The monoisotopic (exact) mass is 365 g/mol. The highest BCUT2D eigenvalue weighted by Crippen LogP contribution is 2.34. The van der Waals surface area contributed by atoms with Crippen molar-refractivity contribution < 1.29 is 9.13 Å². The van der Waals surface area contributed by atoms with Crippen LogP contribution in [0.5, 0.6) is 5.75 Å². The van der Waals surface area contributed by atoms with Crippen molar-refractivity contribution in [2.75, 3.05) is 0 Å². The molecule has 0 saturated carbocycles. The molecule has 0 atom stereocenters. The second-order valence-corrected chi connectivity index (χ2v) is 8.46. The van der Waals surface area contributed by atoms with E-state index in [0.717, 1.165) is 4.90 Å². The van der Waals surface area contributed by atoms with Gasteiger partial charge in [0.1, 0.15) is 5.60 Å². The molecule has 1 nitrogen and oxygen atoms in total. The average Bonchev–Trinajstić information content (AvgIpc) is 2.66. The van der Waals surface area contributed by atoms with Crippen LogP contribution in [-0.2, 0) is 10.9 Å². The van der Waals surface area contributed by atoms with E-state index in [2.05, 4.69) is 30.8 Å². The van der Waals surface area contributed by atoms with Crippen LogP contribution in [0.15, 0.2) is 106 Å². The Bertz CT molecular complexity index is 836. The molecule has 0 spiro atoms. The van der Waals surface area contributed by atoms with Gasteiger partial charge >= 0.3 is 0 Å². The van der Waals surface area contributed by atoms with Crippen LogP contribution in [0.4, 0.5) is 4.39 Å². The summed E-state index contributed by atoms with van der Waals surface area (Å²) in [6.45, 7) is 7.49. The predicted molar refractivity (Wildman–Crippen MR) is 106 cm³/mol. The van der Waals surface area contributed by atoms with Gasteiger partial charge in [-0.25, -0.2) is 4.39 Å². The van der Waals surface area contributed by atoms with Crippen molar-refractivity contribution in [1.29, 1.82) is 0 Å². The summed E-state index contributed by atoms with van der Waals surface area (Å²) in [5.41, 5.74) is -0.641. The molecule has 0 amide bonds. The van der Waals surface area contributed by atoms with Crippen LogP contribution in [-0.4, -0.2) is 5.60 Å². The van der Waals surface area contributed by atoms with Crippen LogP contribution < -0.4 is 4.74 Å². The van der Waals surface area contributed by atoms with E-state index in [9.17, 15) is 4.39 Å². The topological polar surface area (TPSA) is 9.23 Å². The molecule has 0 aliphatic carbocycles. The summed E-state index contributed by atoms with van der Waals surface area (Å²) in [6, 6.07) is 25.7. The smallest absolute Gasteiger partial charge is 0.170 e. The summed E-state index contributed by atoms with van der Waals surface area (Å²) in [5.74, 6) is -0.120. The molecule has 0 fully saturated rings. The molecular weight excluding hydrogens is 343 g/mol. The lowest BCUT2D eigenvalue weighted by Crippen LogP contribution is -2.25. The first-order chi connectivity index (χ1) is 12.5. The molecule has 3 rings (SSSR count). The largest absolute Gasteiger partial charge is 0.481 e. The summed E-state index contributed by atoms with van der Waals surface area (Å²) in [5, 5.41) is 0. The number of rotatable bonds is 6. The van der Waals surface area contributed by atoms with Crippen molar-refractivity contribution >= 4 is 10.9 Å². The fraction of sp³-hybridized carbons (Fsp3) is 0.130. The third kappa shape index (κ3) is 4.17. The molecule has 0 N–H and O–H groups in total. The Morgan fingerprint density at radius 3 is 1.88 bits per heavy atom. The Kier molecular flexibility index (Phi) is 5.48. The lowest BCUT2D eigenvalue weighted by Gasteiger charge is -2.22. The van der Waals surface area contributed by atoms with E-state index in [0.29, 0.717) is 0 Å². The molecule has 3 aromatic rings. The van der Waals surface area contributed by atoms with Crippen LogP contribution in [0.25, 0.3) is 0 Å². The van der Waals surface area contributed by atoms with E-state index in [4.69, 9.17) is 4.74 Å². The van der Waals surface area contributed by atoms with Crippen molar-refractivity contribution in [3.05, 3.63) is 97.3 Å². The molecule has 26 heavy (non-hydrogen) atoms. The van der Waals surface area contributed by atoms with Gasteiger partial charge in [-0.3, -0.25) is 0 Å². The Morgan fingerprint density at radius 1 is 0.846 bits per heavy atom. The molecular formula is C23H22FOS+. The molecule has 3 heteroatoms. The van der Waals surface area contributed by atoms with Gasteiger partial charge in [0.25, 0.3) is 0 Å². The second kappa shape index (κ2) is 7.79. The van der Waals surface area contributed by atoms with Crippen LogP contribution in [0.3, 0.4) is 0 Å². The molecule has 0 aromatic heterocycles. The summed E-state index contributed by atoms with van der Waals surface area (Å²) in [7, 11) is -0.336. The van der Waals surface area contributed by atoms with E-state index < -0.39 is 5.60 Å². The number of benzene rings is 3. The van der Waals surface area contributed by atoms with Gasteiger partial charge in [0, 0.05) is 6.07 Å². The Balaban J connectivity index is 2.09. The zero-order valence-electron chi connectivity index (χ0n) is 15.0. The van der Waals surface area contributed by atoms with Crippen molar-refractivity contribution in [2.45, 2.75) is 34.1 Å². The minimum Gasteiger partial charge on any atom is -0.481 e. The summed E-state index contributed by atoms with van der Waals surface area (Å²) in [6.07, 6.45) is 1.67. The van der Waals surface area contributed by atoms with Crippen molar-refractivity contribution in [3.63, 3.8) is 0 Å². The Morgan fingerprint density at radius 2 is 1.38 bits per heavy atom. The first-order valence-electron chi connectivity index (χ1n) is 8.47. The fourth-order valence-corrected chi connectivity index (χ4v) is 4.64. The number of halogens is 1. The lowest BCUT2D eigenvalue weighted by molar-refractivity contribution is 0.154. The maximum absolute atomic E-state index is 14.3. The van der Waals surface area contributed by atoms with Gasteiger partial charge in [0.2, 0.25) is 0 Å². The molecule has 0 unspecified atom stereocenters. The van der Waals surface area contributed by atoms with Gasteiger partial charge < -0.3 is 4.74 Å². The van der Waals surface area contributed by atoms with E-state index in [-0.39, 0.29) is 22.5 Å². The van der Waals surface area contributed by atoms with Gasteiger partial charge in [-0.2, -0.15) is 0 Å². The van der Waals surface area contributed by atoms with Gasteiger partial charge in [-0.15, -0.1) is 0 Å². The van der Waals surface area contributed by atoms with Crippen molar-refractivity contribution in [3.8, 4) is 5.75 Å². The minimum absolute atomic E-state index is 0.247. The zero-order valence-corrected chi connectivity index (χ0v) is 15.8.